The number of nitrogens with zero attached hydrogens (tertiary/aromatic N) is 1. The van der Waals surface area contributed by atoms with Gasteiger partial charge in [0.25, 0.3) is 0 Å². The number of hydrogen-bond acceptors (Lipinski definition) is 5. The van der Waals surface area contributed by atoms with Gasteiger partial charge in [0.2, 0.25) is 0 Å². The zero-order valence-electron chi connectivity index (χ0n) is 11.0. The molecule has 0 radical (unpaired) electrons. The van der Waals surface area contributed by atoms with Gasteiger partial charge in [-0.2, -0.15) is 0 Å². The molecule has 6 nitrogen and oxygen atoms in total. The van der Waals surface area contributed by atoms with Crippen molar-refractivity contribution >= 4 is 17.8 Å². The molecule has 1 aliphatic rings. The molecule has 0 aromatic rings. The van der Waals surface area contributed by atoms with Crippen molar-refractivity contribution in [3.8, 4) is 0 Å². The van der Waals surface area contributed by atoms with Crippen LogP contribution in [0.25, 0.3) is 0 Å². The molecule has 0 aromatic carbocycles. The van der Waals surface area contributed by atoms with Gasteiger partial charge in [0.05, 0.1) is 20.6 Å². The van der Waals surface area contributed by atoms with Gasteiger partial charge in [-0.3, -0.25) is 9.59 Å². The predicted octanol–water partition coefficient (Wildman–Crippen LogP) is 0.985. The molecule has 0 N–H and O–H groups in total. The molecule has 2 unspecified atom stereocenters. The van der Waals surface area contributed by atoms with Crippen LogP contribution in [-0.4, -0.2) is 49.6 Å². The number of carbonyl (C=O) groups excluding carboxylic acids is 3. The summed E-state index contributed by atoms with van der Waals surface area (Å²) in [5.74, 6) is -1.06. The average molecular weight is 257 g/mol. The highest BCUT2D eigenvalue weighted by molar-refractivity contribution is 5.85. The lowest BCUT2D eigenvalue weighted by atomic mass is 9.90. The molecule has 0 aliphatic carbocycles. The van der Waals surface area contributed by atoms with Crippen LogP contribution in [0.15, 0.2) is 0 Å². The highest BCUT2D eigenvalue weighted by Crippen LogP contribution is 2.27. The summed E-state index contributed by atoms with van der Waals surface area (Å²) < 4.78 is 9.27. The first-order valence-electron chi connectivity index (χ1n) is 5.93. The number of likely N-dealkylation sites (tertiary alicyclic amines) is 1. The van der Waals surface area contributed by atoms with Crippen LogP contribution < -0.4 is 0 Å². The molecule has 18 heavy (non-hydrogen) atoms. The Morgan fingerprint density at radius 2 is 1.94 bits per heavy atom. The number of esters is 1. The minimum atomic E-state index is -0.515. The summed E-state index contributed by atoms with van der Waals surface area (Å²) in [5.41, 5.74) is 0. The standard InChI is InChI=1S/C12H19NO5/c1-8(14)9(7-11(15)17-2)10-5-4-6-13(10)12(16)18-3/h9-10H,4-7H2,1-3H3. The molecule has 1 fully saturated rings. The van der Waals surface area contributed by atoms with E-state index in [1.807, 2.05) is 0 Å². The van der Waals surface area contributed by atoms with Crippen molar-refractivity contribution in [2.24, 2.45) is 5.92 Å². The van der Waals surface area contributed by atoms with Crippen molar-refractivity contribution in [3.63, 3.8) is 0 Å². The fraction of sp³-hybridized carbons (Fsp3) is 0.750. The van der Waals surface area contributed by atoms with Gasteiger partial charge in [0.1, 0.15) is 5.78 Å². The zero-order chi connectivity index (χ0) is 13.7. The highest BCUT2D eigenvalue weighted by atomic mass is 16.5. The Morgan fingerprint density at radius 3 is 2.44 bits per heavy atom. The van der Waals surface area contributed by atoms with E-state index in [-0.39, 0.29) is 18.2 Å². The predicted molar refractivity (Wildman–Crippen MR) is 62.9 cm³/mol. The molecule has 1 saturated heterocycles. The van der Waals surface area contributed by atoms with E-state index in [9.17, 15) is 14.4 Å². The summed E-state index contributed by atoms with van der Waals surface area (Å²) in [6.07, 6.45) is 1.07. The Morgan fingerprint density at radius 1 is 1.28 bits per heavy atom. The van der Waals surface area contributed by atoms with Crippen LogP contribution in [0.5, 0.6) is 0 Å². The van der Waals surface area contributed by atoms with Gasteiger partial charge in [0, 0.05) is 18.5 Å². The van der Waals surface area contributed by atoms with E-state index in [0.29, 0.717) is 13.0 Å². The van der Waals surface area contributed by atoms with Gasteiger partial charge in [-0.1, -0.05) is 0 Å². The maximum atomic E-state index is 11.7. The normalized spacial score (nSPS) is 20.4. The molecule has 6 heteroatoms. The minimum Gasteiger partial charge on any atom is -0.469 e. The number of Topliss-reactive ketones (excluding diaryl/α,β-unsaturated/α-hetero) is 1. The van der Waals surface area contributed by atoms with E-state index in [4.69, 9.17) is 0 Å². The topological polar surface area (TPSA) is 72.9 Å². The molecular formula is C12H19NO5. The molecule has 2 atom stereocenters. The van der Waals surface area contributed by atoms with E-state index in [2.05, 4.69) is 9.47 Å². The first kappa shape index (κ1) is 14.5. The van der Waals surface area contributed by atoms with Gasteiger partial charge < -0.3 is 14.4 Å². The summed E-state index contributed by atoms with van der Waals surface area (Å²) in [4.78, 5) is 36.1. The zero-order valence-corrected chi connectivity index (χ0v) is 11.0. The lowest BCUT2D eigenvalue weighted by Gasteiger charge is -2.28. The van der Waals surface area contributed by atoms with Crippen molar-refractivity contribution in [2.75, 3.05) is 20.8 Å². The Hall–Kier alpha value is -1.59. The van der Waals surface area contributed by atoms with Gasteiger partial charge in [-0.25, -0.2) is 4.79 Å². The van der Waals surface area contributed by atoms with Crippen LogP contribution >= 0.6 is 0 Å². The number of methoxy groups -OCH3 is 2. The van der Waals surface area contributed by atoms with Gasteiger partial charge >= 0.3 is 12.1 Å². The fourth-order valence-electron chi connectivity index (χ4n) is 2.37. The Labute approximate surface area is 106 Å². The molecule has 0 spiro atoms. The number of ether oxygens (including phenoxy) is 2. The number of ketones is 1. The van der Waals surface area contributed by atoms with Crippen LogP contribution in [0.3, 0.4) is 0 Å². The maximum Gasteiger partial charge on any atom is 0.409 e. The first-order valence-corrected chi connectivity index (χ1v) is 5.93. The molecule has 0 bridgehead atoms. The molecular weight excluding hydrogens is 238 g/mol. The fourth-order valence-corrected chi connectivity index (χ4v) is 2.37. The Balaban J connectivity index is 2.81. The maximum absolute atomic E-state index is 11.7. The summed E-state index contributed by atoms with van der Waals surface area (Å²) in [6, 6.07) is -0.269. The van der Waals surface area contributed by atoms with Crippen LogP contribution in [-0.2, 0) is 19.1 Å². The van der Waals surface area contributed by atoms with Crippen molar-refractivity contribution in [2.45, 2.75) is 32.2 Å². The smallest absolute Gasteiger partial charge is 0.409 e. The van der Waals surface area contributed by atoms with Crippen molar-refractivity contribution in [1.29, 1.82) is 0 Å². The number of carbonyl (C=O) groups is 3. The van der Waals surface area contributed by atoms with Crippen LogP contribution in [0.4, 0.5) is 4.79 Å². The van der Waals surface area contributed by atoms with Crippen molar-refractivity contribution in [1.82, 2.24) is 4.90 Å². The van der Waals surface area contributed by atoms with E-state index in [1.54, 1.807) is 0 Å². The van der Waals surface area contributed by atoms with E-state index >= 15 is 0 Å². The van der Waals surface area contributed by atoms with E-state index < -0.39 is 18.0 Å². The summed E-state index contributed by atoms with van der Waals surface area (Å²) in [7, 11) is 2.59. The Kier molecular flexibility index (Phi) is 5.12. The van der Waals surface area contributed by atoms with Crippen molar-refractivity contribution in [3.05, 3.63) is 0 Å². The van der Waals surface area contributed by atoms with E-state index in [0.717, 1.165) is 6.42 Å². The molecule has 1 rings (SSSR count). The van der Waals surface area contributed by atoms with Gasteiger partial charge in [-0.05, 0) is 19.8 Å². The first-order chi connectivity index (χ1) is 8.51. The largest absolute Gasteiger partial charge is 0.469 e. The summed E-state index contributed by atoms with van der Waals surface area (Å²) in [5, 5.41) is 0. The Bertz CT molecular complexity index is 341. The SMILES string of the molecule is COC(=O)CC(C(C)=O)C1CCCN1C(=O)OC. The molecule has 0 aromatic heterocycles. The summed E-state index contributed by atoms with van der Waals surface area (Å²) >= 11 is 0. The second-order valence-electron chi connectivity index (χ2n) is 4.37. The number of amides is 1. The quantitative estimate of drug-likeness (QED) is 0.702. The second kappa shape index (κ2) is 6.37. The minimum absolute atomic E-state index is 0.00396. The molecule has 0 saturated carbocycles. The number of rotatable bonds is 4. The lowest BCUT2D eigenvalue weighted by Crippen LogP contribution is -2.43. The molecule has 102 valence electrons. The van der Waals surface area contributed by atoms with Crippen LogP contribution in [0.1, 0.15) is 26.2 Å². The van der Waals surface area contributed by atoms with E-state index in [1.165, 1.54) is 26.0 Å². The van der Waals surface area contributed by atoms with Gasteiger partial charge in [-0.15, -0.1) is 0 Å². The molecule has 1 heterocycles. The lowest BCUT2D eigenvalue weighted by molar-refractivity contribution is -0.144. The van der Waals surface area contributed by atoms with Crippen LogP contribution in [0, 0.1) is 5.92 Å². The van der Waals surface area contributed by atoms with Gasteiger partial charge in [0.15, 0.2) is 0 Å². The van der Waals surface area contributed by atoms with Crippen molar-refractivity contribution < 1.29 is 23.9 Å². The third-order valence-corrected chi connectivity index (χ3v) is 3.31. The monoisotopic (exact) mass is 257 g/mol. The highest BCUT2D eigenvalue weighted by Gasteiger charge is 2.38. The third-order valence-electron chi connectivity index (χ3n) is 3.31. The van der Waals surface area contributed by atoms with Crippen LogP contribution in [0.2, 0.25) is 0 Å². The molecule has 1 aliphatic heterocycles. The summed E-state index contributed by atoms with van der Waals surface area (Å²) in [6.45, 7) is 1.99. The molecule has 1 amide bonds. The second-order valence-corrected chi connectivity index (χ2v) is 4.37. The third kappa shape index (κ3) is 3.21. The average Bonchev–Trinajstić information content (AvgIpc) is 2.82. The number of hydrogen-bond donors (Lipinski definition) is 0.